The molecule has 0 radical (unpaired) electrons. The van der Waals surface area contributed by atoms with E-state index >= 15 is 0 Å². The maximum absolute atomic E-state index is 11.8. The highest BCUT2D eigenvalue weighted by Gasteiger charge is 2.22. The van der Waals surface area contributed by atoms with Gasteiger partial charge in [-0.2, -0.15) is 0 Å². The number of aliphatic carboxylic acids is 1. The fourth-order valence-corrected chi connectivity index (χ4v) is 1.43. The number of H-pyrrole nitrogens is 1. The first-order valence-corrected chi connectivity index (χ1v) is 5.88. The summed E-state index contributed by atoms with van der Waals surface area (Å²) in [7, 11) is 0. The van der Waals surface area contributed by atoms with Crippen molar-refractivity contribution in [1.82, 2.24) is 20.5 Å². The number of amides is 1. The number of hydrogen-bond acceptors (Lipinski definition) is 4. The van der Waals surface area contributed by atoms with Crippen molar-refractivity contribution in [3.05, 3.63) is 11.6 Å². The average molecular weight is 254 g/mol. The van der Waals surface area contributed by atoms with Crippen LogP contribution in [0.5, 0.6) is 0 Å². The maximum atomic E-state index is 11.8. The molecule has 1 amide bonds. The largest absolute Gasteiger partial charge is 0.481 e. The van der Waals surface area contributed by atoms with Crippen molar-refractivity contribution in [2.75, 3.05) is 0 Å². The third kappa shape index (κ3) is 3.83. The molecule has 0 bridgehead atoms. The fraction of sp³-hybridized carbons (Fsp3) is 0.636. The van der Waals surface area contributed by atoms with Crippen molar-refractivity contribution in [2.24, 2.45) is 5.92 Å². The molecule has 100 valence electrons. The van der Waals surface area contributed by atoms with E-state index in [0.717, 1.165) is 0 Å². The number of nitrogens with one attached hydrogen (secondary N) is 2. The van der Waals surface area contributed by atoms with Crippen molar-refractivity contribution < 1.29 is 14.7 Å². The average Bonchev–Trinajstić information content (AvgIpc) is 2.75. The van der Waals surface area contributed by atoms with Crippen LogP contribution in [-0.4, -0.2) is 38.2 Å². The smallest absolute Gasteiger partial charge is 0.305 e. The lowest BCUT2D eigenvalue weighted by Gasteiger charge is -2.19. The van der Waals surface area contributed by atoms with E-state index in [1.165, 1.54) is 0 Å². The second-order valence-corrected chi connectivity index (χ2v) is 4.38. The number of aryl methyl sites for hydroxylation is 1. The van der Waals surface area contributed by atoms with Crippen LogP contribution in [0.4, 0.5) is 0 Å². The van der Waals surface area contributed by atoms with Gasteiger partial charge < -0.3 is 10.4 Å². The van der Waals surface area contributed by atoms with E-state index in [0.29, 0.717) is 12.2 Å². The summed E-state index contributed by atoms with van der Waals surface area (Å²) in [6.45, 7) is 5.59. The Kier molecular flexibility index (Phi) is 4.82. The zero-order chi connectivity index (χ0) is 13.7. The first kappa shape index (κ1) is 14.1. The van der Waals surface area contributed by atoms with Gasteiger partial charge in [-0.05, 0) is 5.92 Å². The van der Waals surface area contributed by atoms with Crippen molar-refractivity contribution in [1.29, 1.82) is 0 Å². The molecule has 0 spiro atoms. The van der Waals surface area contributed by atoms with Gasteiger partial charge in [0.2, 0.25) is 5.82 Å². The van der Waals surface area contributed by atoms with Crippen LogP contribution < -0.4 is 5.32 Å². The van der Waals surface area contributed by atoms with Gasteiger partial charge in [0, 0.05) is 12.5 Å². The van der Waals surface area contributed by atoms with Crippen LogP contribution in [-0.2, 0) is 11.2 Å². The van der Waals surface area contributed by atoms with E-state index < -0.39 is 17.9 Å². The van der Waals surface area contributed by atoms with E-state index in [2.05, 4.69) is 20.5 Å². The number of carbonyl (C=O) groups excluding carboxylic acids is 1. The first-order valence-electron chi connectivity index (χ1n) is 5.88. The Labute approximate surface area is 105 Å². The number of rotatable bonds is 6. The number of carboxylic acid groups (broad SMARTS) is 1. The summed E-state index contributed by atoms with van der Waals surface area (Å²) in [5, 5.41) is 17.8. The molecular weight excluding hydrogens is 236 g/mol. The topological polar surface area (TPSA) is 108 Å². The fourth-order valence-electron chi connectivity index (χ4n) is 1.43. The number of aromatic amines is 1. The Balaban J connectivity index is 2.68. The summed E-state index contributed by atoms with van der Waals surface area (Å²) in [5.74, 6) is -0.707. The molecule has 1 aromatic heterocycles. The monoisotopic (exact) mass is 254 g/mol. The van der Waals surface area contributed by atoms with Crippen LogP contribution in [0, 0.1) is 5.92 Å². The second kappa shape index (κ2) is 6.13. The van der Waals surface area contributed by atoms with E-state index in [1.54, 1.807) is 0 Å². The van der Waals surface area contributed by atoms with Gasteiger partial charge in [0.25, 0.3) is 5.91 Å². The number of hydrogen-bond donors (Lipinski definition) is 3. The molecule has 0 fully saturated rings. The van der Waals surface area contributed by atoms with E-state index in [-0.39, 0.29) is 18.2 Å². The van der Waals surface area contributed by atoms with Crippen LogP contribution in [0.3, 0.4) is 0 Å². The molecule has 3 N–H and O–H groups in total. The summed E-state index contributed by atoms with van der Waals surface area (Å²) in [6.07, 6.45) is 0.539. The predicted octanol–water partition coefficient (Wildman–Crippen LogP) is 0.596. The molecule has 0 saturated carbocycles. The molecule has 1 rings (SSSR count). The van der Waals surface area contributed by atoms with Crippen LogP contribution in [0.15, 0.2) is 0 Å². The first-order chi connectivity index (χ1) is 8.43. The van der Waals surface area contributed by atoms with Gasteiger partial charge in [0.1, 0.15) is 5.82 Å². The predicted molar refractivity (Wildman–Crippen MR) is 64.1 cm³/mol. The van der Waals surface area contributed by atoms with Crippen LogP contribution in [0.1, 0.15) is 43.6 Å². The van der Waals surface area contributed by atoms with Crippen LogP contribution in [0.2, 0.25) is 0 Å². The van der Waals surface area contributed by atoms with Gasteiger partial charge in [-0.25, -0.2) is 4.98 Å². The highest BCUT2D eigenvalue weighted by atomic mass is 16.4. The lowest BCUT2D eigenvalue weighted by Crippen LogP contribution is -2.40. The molecule has 0 aliphatic rings. The highest BCUT2D eigenvalue weighted by Crippen LogP contribution is 2.07. The lowest BCUT2D eigenvalue weighted by atomic mass is 10.0. The zero-order valence-corrected chi connectivity index (χ0v) is 10.7. The maximum Gasteiger partial charge on any atom is 0.305 e. The summed E-state index contributed by atoms with van der Waals surface area (Å²) in [6, 6.07) is -0.432. The van der Waals surface area contributed by atoms with Gasteiger partial charge in [-0.15, -0.1) is 5.10 Å². The molecule has 1 atom stereocenters. The van der Waals surface area contributed by atoms with Gasteiger partial charge >= 0.3 is 5.97 Å². The zero-order valence-electron chi connectivity index (χ0n) is 10.7. The summed E-state index contributed by atoms with van der Waals surface area (Å²) < 4.78 is 0. The van der Waals surface area contributed by atoms with Crippen LogP contribution in [0.25, 0.3) is 0 Å². The molecule has 0 aliphatic heterocycles. The molecule has 0 aliphatic carbocycles. The minimum atomic E-state index is -0.946. The third-order valence-electron chi connectivity index (χ3n) is 2.59. The molecule has 0 saturated heterocycles. The molecule has 7 heteroatoms. The van der Waals surface area contributed by atoms with Crippen molar-refractivity contribution >= 4 is 11.9 Å². The normalized spacial score (nSPS) is 12.4. The summed E-state index contributed by atoms with van der Waals surface area (Å²) in [5.41, 5.74) is 0. The number of carbonyl (C=O) groups is 2. The standard InChI is InChI=1S/C11H18N4O3/c1-4-8-13-10(15-14-8)11(18)12-7(6(2)3)5-9(16)17/h6-7H,4-5H2,1-3H3,(H,12,18)(H,16,17)(H,13,14,15). The summed E-state index contributed by atoms with van der Waals surface area (Å²) >= 11 is 0. The molecular formula is C11H18N4O3. The molecule has 0 aromatic carbocycles. The van der Waals surface area contributed by atoms with E-state index in [1.807, 2.05) is 20.8 Å². The van der Waals surface area contributed by atoms with Crippen molar-refractivity contribution in [2.45, 2.75) is 39.7 Å². The Morgan fingerprint density at radius 3 is 2.56 bits per heavy atom. The second-order valence-electron chi connectivity index (χ2n) is 4.38. The SMILES string of the molecule is CCc1nc(C(=O)NC(CC(=O)O)C(C)C)n[nH]1. The molecule has 7 nitrogen and oxygen atoms in total. The van der Waals surface area contributed by atoms with Gasteiger partial charge in [0.05, 0.1) is 6.42 Å². The minimum absolute atomic E-state index is 0.0228. The van der Waals surface area contributed by atoms with Crippen LogP contribution >= 0.6 is 0 Å². The lowest BCUT2D eigenvalue weighted by molar-refractivity contribution is -0.137. The quantitative estimate of drug-likeness (QED) is 0.688. The third-order valence-corrected chi connectivity index (χ3v) is 2.59. The van der Waals surface area contributed by atoms with Gasteiger partial charge in [-0.3, -0.25) is 14.7 Å². The van der Waals surface area contributed by atoms with Gasteiger partial charge in [-0.1, -0.05) is 20.8 Å². The van der Waals surface area contributed by atoms with E-state index in [4.69, 9.17) is 5.11 Å². The van der Waals surface area contributed by atoms with E-state index in [9.17, 15) is 9.59 Å². The van der Waals surface area contributed by atoms with Crippen molar-refractivity contribution in [3.8, 4) is 0 Å². The number of nitrogens with zero attached hydrogens (tertiary/aromatic N) is 2. The molecule has 18 heavy (non-hydrogen) atoms. The molecule has 1 aromatic rings. The Morgan fingerprint density at radius 2 is 2.11 bits per heavy atom. The number of carboxylic acids is 1. The van der Waals surface area contributed by atoms with Crippen molar-refractivity contribution in [3.63, 3.8) is 0 Å². The Hall–Kier alpha value is -1.92. The van der Waals surface area contributed by atoms with Gasteiger partial charge in [0.15, 0.2) is 0 Å². The molecule has 1 unspecified atom stereocenters. The number of aromatic nitrogens is 3. The summed E-state index contributed by atoms with van der Waals surface area (Å²) in [4.78, 5) is 26.5. The highest BCUT2D eigenvalue weighted by molar-refractivity contribution is 5.90. The Bertz CT molecular complexity index is 428. The molecule has 1 heterocycles. The minimum Gasteiger partial charge on any atom is -0.481 e. The Morgan fingerprint density at radius 1 is 1.44 bits per heavy atom.